The van der Waals surface area contributed by atoms with E-state index in [1.54, 1.807) is 0 Å². The van der Waals surface area contributed by atoms with Crippen molar-refractivity contribution >= 4 is 26.8 Å². The Morgan fingerprint density at radius 3 is 2.80 bits per heavy atom. The molecule has 1 aliphatic rings. The summed E-state index contributed by atoms with van der Waals surface area (Å²) in [5.41, 5.74) is 2.98. The molecule has 0 aliphatic heterocycles. The summed E-state index contributed by atoms with van der Waals surface area (Å²) >= 11 is 3.72. The van der Waals surface area contributed by atoms with Gasteiger partial charge in [-0.2, -0.15) is 5.26 Å². The smallest absolute Gasteiger partial charge is 0.0992 e. The van der Waals surface area contributed by atoms with Crippen LogP contribution in [0.15, 0.2) is 24.3 Å². The summed E-state index contributed by atoms with van der Waals surface area (Å²) in [6.07, 6.45) is 2.37. The Balaban J connectivity index is 2.18. The summed E-state index contributed by atoms with van der Waals surface area (Å²) < 4.78 is 0.179. The van der Waals surface area contributed by atoms with E-state index in [4.69, 9.17) is 5.26 Å². The number of nitrogens with one attached hydrogen (secondary N) is 1. The maximum absolute atomic E-state index is 8.80. The molecular formula is C12H9BrN2. The number of fused-ring (bicyclic) bond motifs is 1. The number of halogens is 1. The molecule has 1 aliphatic carbocycles. The van der Waals surface area contributed by atoms with Gasteiger partial charge in [0.2, 0.25) is 0 Å². The second-order valence-corrected chi connectivity index (χ2v) is 5.58. The van der Waals surface area contributed by atoms with Crippen LogP contribution in [0.4, 0.5) is 0 Å². The van der Waals surface area contributed by atoms with Crippen LogP contribution < -0.4 is 0 Å². The quantitative estimate of drug-likeness (QED) is 0.785. The number of benzene rings is 1. The van der Waals surface area contributed by atoms with Gasteiger partial charge in [0.05, 0.1) is 16.0 Å². The second-order valence-electron chi connectivity index (χ2n) is 4.06. The third-order valence-electron chi connectivity index (χ3n) is 2.92. The lowest BCUT2D eigenvalue weighted by molar-refractivity contribution is 1.00. The lowest BCUT2D eigenvalue weighted by Gasteiger charge is -2.00. The minimum Gasteiger partial charge on any atom is -0.357 e. The molecule has 1 aromatic heterocycles. The first-order chi connectivity index (χ1) is 7.21. The van der Waals surface area contributed by atoms with Crippen LogP contribution in [0, 0.1) is 11.3 Å². The zero-order chi connectivity index (χ0) is 10.5. The van der Waals surface area contributed by atoms with Crippen molar-refractivity contribution in [1.29, 1.82) is 5.26 Å². The van der Waals surface area contributed by atoms with Crippen molar-refractivity contribution in [2.45, 2.75) is 17.2 Å². The molecule has 1 N–H and O–H groups in total. The molecule has 15 heavy (non-hydrogen) atoms. The summed E-state index contributed by atoms with van der Waals surface area (Å²) in [4.78, 5) is 3.37. The molecule has 2 nitrogen and oxygen atoms in total. The van der Waals surface area contributed by atoms with Crippen molar-refractivity contribution in [2.75, 3.05) is 0 Å². The number of hydrogen-bond donors (Lipinski definition) is 1. The number of H-pyrrole nitrogens is 1. The van der Waals surface area contributed by atoms with Crippen molar-refractivity contribution in [3.05, 3.63) is 35.5 Å². The first-order valence-corrected chi connectivity index (χ1v) is 5.73. The Kier molecular flexibility index (Phi) is 1.72. The van der Waals surface area contributed by atoms with E-state index in [9.17, 15) is 0 Å². The molecule has 0 saturated heterocycles. The monoisotopic (exact) mass is 260 g/mol. The molecule has 74 valence electrons. The summed E-state index contributed by atoms with van der Waals surface area (Å²) in [6.45, 7) is 0. The number of aromatic amines is 1. The van der Waals surface area contributed by atoms with E-state index >= 15 is 0 Å². The molecule has 0 spiro atoms. The van der Waals surface area contributed by atoms with Crippen LogP contribution in [0.25, 0.3) is 10.9 Å². The van der Waals surface area contributed by atoms with Gasteiger partial charge in [-0.15, -0.1) is 0 Å². The van der Waals surface area contributed by atoms with Crippen LogP contribution in [0.5, 0.6) is 0 Å². The van der Waals surface area contributed by atoms with Gasteiger partial charge in [0.25, 0.3) is 0 Å². The molecule has 1 saturated carbocycles. The van der Waals surface area contributed by atoms with Gasteiger partial charge in [-0.1, -0.05) is 22.0 Å². The Hall–Kier alpha value is -1.27. The van der Waals surface area contributed by atoms with Crippen molar-refractivity contribution < 1.29 is 0 Å². The van der Waals surface area contributed by atoms with Crippen molar-refractivity contribution in [3.8, 4) is 6.07 Å². The van der Waals surface area contributed by atoms with Crippen LogP contribution in [0.1, 0.15) is 24.1 Å². The fraction of sp³-hybridized carbons (Fsp3) is 0.250. The molecular weight excluding hydrogens is 252 g/mol. The van der Waals surface area contributed by atoms with Gasteiger partial charge in [0.15, 0.2) is 0 Å². The highest BCUT2D eigenvalue weighted by Crippen LogP contribution is 2.53. The van der Waals surface area contributed by atoms with Gasteiger partial charge in [-0.3, -0.25) is 0 Å². The highest BCUT2D eigenvalue weighted by Gasteiger charge is 2.42. The number of aromatic nitrogens is 1. The first-order valence-electron chi connectivity index (χ1n) is 4.94. The fourth-order valence-corrected chi connectivity index (χ4v) is 2.23. The molecule has 3 rings (SSSR count). The molecule has 3 heteroatoms. The Bertz CT molecular complexity index is 573. The van der Waals surface area contributed by atoms with E-state index in [-0.39, 0.29) is 4.32 Å². The topological polar surface area (TPSA) is 39.6 Å². The molecule has 1 fully saturated rings. The summed E-state index contributed by atoms with van der Waals surface area (Å²) in [7, 11) is 0. The number of nitriles is 1. The van der Waals surface area contributed by atoms with Crippen molar-refractivity contribution in [1.82, 2.24) is 4.98 Å². The Morgan fingerprint density at radius 1 is 1.33 bits per heavy atom. The lowest BCUT2D eigenvalue weighted by atomic mass is 10.2. The summed E-state index contributed by atoms with van der Waals surface area (Å²) in [5, 5.41) is 9.98. The minimum absolute atomic E-state index is 0.179. The summed E-state index contributed by atoms with van der Waals surface area (Å²) in [5.74, 6) is 0. The van der Waals surface area contributed by atoms with Crippen molar-refractivity contribution in [2.24, 2.45) is 0 Å². The van der Waals surface area contributed by atoms with E-state index in [2.05, 4.69) is 33.0 Å². The van der Waals surface area contributed by atoms with E-state index in [0.29, 0.717) is 5.56 Å². The van der Waals surface area contributed by atoms with E-state index in [1.165, 1.54) is 23.9 Å². The normalized spacial score (nSPS) is 17.6. The predicted octanol–water partition coefficient (Wildman–Crippen LogP) is 3.42. The van der Waals surface area contributed by atoms with Crippen molar-refractivity contribution in [3.63, 3.8) is 0 Å². The molecule has 2 aromatic rings. The zero-order valence-electron chi connectivity index (χ0n) is 8.05. The first kappa shape index (κ1) is 8.99. The molecule has 1 aromatic carbocycles. The number of hydrogen-bond acceptors (Lipinski definition) is 1. The zero-order valence-corrected chi connectivity index (χ0v) is 9.63. The average Bonchev–Trinajstić information content (AvgIpc) is 2.85. The van der Waals surface area contributed by atoms with Crippen LogP contribution in [0.2, 0.25) is 0 Å². The average molecular weight is 261 g/mol. The standard InChI is InChI=1S/C12H9BrN2/c13-12(3-4-12)11-6-9-2-1-8(7-14)5-10(9)15-11/h1-2,5-6,15H,3-4H2. The highest BCUT2D eigenvalue weighted by molar-refractivity contribution is 9.09. The van der Waals surface area contributed by atoms with E-state index in [1.807, 2.05) is 18.2 Å². The SMILES string of the molecule is N#Cc1ccc2cc(C3(Br)CC3)[nH]c2c1. The third kappa shape index (κ3) is 1.37. The van der Waals surface area contributed by atoms with Gasteiger partial charge >= 0.3 is 0 Å². The van der Waals surface area contributed by atoms with Gasteiger partial charge in [0.1, 0.15) is 0 Å². The minimum atomic E-state index is 0.179. The maximum atomic E-state index is 8.80. The molecule has 0 amide bonds. The fourth-order valence-electron chi connectivity index (χ4n) is 1.82. The Morgan fingerprint density at radius 2 is 2.13 bits per heavy atom. The molecule has 0 radical (unpaired) electrons. The molecule has 0 unspecified atom stereocenters. The molecule has 0 atom stereocenters. The van der Waals surface area contributed by atoms with Crippen LogP contribution >= 0.6 is 15.9 Å². The molecule has 0 bridgehead atoms. The largest absolute Gasteiger partial charge is 0.357 e. The second kappa shape index (κ2) is 2.86. The number of rotatable bonds is 1. The van der Waals surface area contributed by atoms with Gasteiger partial charge < -0.3 is 4.98 Å². The van der Waals surface area contributed by atoms with Gasteiger partial charge in [0, 0.05) is 11.2 Å². The van der Waals surface area contributed by atoms with Crippen LogP contribution in [-0.4, -0.2) is 4.98 Å². The predicted molar refractivity (Wildman–Crippen MR) is 62.9 cm³/mol. The Labute approximate surface area is 96.0 Å². The van der Waals surface area contributed by atoms with Gasteiger partial charge in [-0.25, -0.2) is 0 Å². The van der Waals surface area contributed by atoms with Crippen LogP contribution in [-0.2, 0) is 4.32 Å². The lowest BCUT2D eigenvalue weighted by Crippen LogP contribution is -1.93. The van der Waals surface area contributed by atoms with E-state index in [0.717, 1.165) is 5.52 Å². The van der Waals surface area contributed by atoms with Crippen LogP contribution in [0.3, 0.4) is 0 Å². The van der Waals surface area contributed by atoms with Gasteiger partial charge in [-0.05, 0) is 36.4 Å². The highest BCUT2D eigenvalue weighted by atomic mass is 79.9. The van der Waals surface area contributed by atoms with E-state index < -0.39 is 0 Å². The summed E-state index contributed by atoms with van der Waals surface area (Å²) in [6, 6.07) is 10.1. The number of alkyl halides is 1. The number of nitrogens with zero attached hydrogens (tertiary/aromatic N) is 1. The third-order valence-corrected chi connectivity index (χ3v) is 4.14. The molecule has 1 heterocycles. The maximum Gasteiger partial charge on any atom is 0.0992 e.